The molecule has 1 atom stereocenters. The van der Waals surface area contributed by atoms with Gasteiger partial charge in [-0.3, -0.25) is 4.79 Å². The first-order valence-corrected chi connectivity index (χ1v) is 6.16. The number of ketones is 1. The van der Waals surface area contributed by atoms with E-state index in [2.05, 4.69) is 0 Å². The number of Topliss-reactive ketones (excluding diaryl/α,β-unsaturated/α-hetero) is 1. The summed E-state index contributed by atoms with van der Waals surface area (Å²) in [5, 5.41) is 9.94. The number of carbonyl (C=O) groups excluding carboxylic acids is 1. The van der Waals surface area contributed by atoms with Crippen LogP contribution in [0.25, 0.3) is 0 Å². The maximum atomic E-state index is 12.1. The maximum Gasteiger partial charge on any atom is 0.199 e. The molecule has 0 spiro atoms. The number of hydrogen-bond donors (Lipinski definition) is 1. The van der Waals surface area contributed by atoms with Gasteiger partial charge >= 0.3 is 0 Å². The van der Waals surface area contributed by atoms with E-state index in [1.807, 2.05) is 6.92 Å². The fourth-order valence-electron chi connectivity index (χ4n) is 2.05. The lowest BCUT2D eigenvalue weighted by Crippen LogP contribution is -2.50. The van der Waals surface area contributed by atoms with Crippen LogP contribution in [-0.4, -0.2) is 36.3 Å². The van der Waals surface area contributed by atoms with Gasteiger partial charge in [0.05, 0.1) is 19.3 Å². The lowest BCUT2D eigenvalue weighted by molar-refractivity contribution is -0.0251. The highest BCUT2D eigenvalue weighted by molar-refractivity contribution is 6.04. The Kier molecular flexibility index (Phi) is 3.41. The molecule has 1 aliphatic heterocycles. The molecule has 0 saturated heterocycles. The van der Waals surface area contributed by atoms with Gasteiger partial charge in [0.15, 0.2) is 23.4 Å². The third-order valence-electron chi connectivity index (χ3n) is 3.11. The van der Waals surface area contributed by atoms with Crippen LogP contribution in [0.5, 0.6) is 17.2 Å². The van der Waals surface area contributed by atoms with Gasteiger partial charge in [0.1, 0.15) is 11.4 Å². The Morgan fingerprint density at radius 1 is 1.37 bits per heavy atom. The predicted octanol–water partition coefficient (Wildman–Crippen LogP) is 1.81. The molecular formula is C14H18O5. The highest BCUT2D eigenvalue weighted by Gasteiger charge is 2.42. The molecule has 104 valence electrons. The van der Waals surface area contributed by atoms with Crippen LogP contribution in [0.3, 0.4) is 0 Å². The van der Waals surface area contributed by atoms with E-state index < -0.39 is 11.7 Å². The van der Waals surface area contributed by atoms with Gasteiger partial charge in [0, 0.05) is 6.07 Å². The van der Waals surface area contributed by atoms with Crippen molar-refractivity contribution in [1.82, 2.24) is 0 Å². The van der Waals surface area contributed by atoms with E-state index in [-0.39, 0.29) is 5.78 Å². The van der Waals surface area contributed by atoms with Gasteiger partial charge in [-0.2, -0.15) is 0 Å². The van der Waals surface area contributed by atoms with Gasteiger partial charge in [0.2, 0.25) is 0 Å². The summed E-state index contributed by atoms with van der Waals surface area (Å²) in [5.41, 5.74) is -0.644. The van der Waals surface area contributed by atoms with Crippen LogP contribution < -0.4 is 14.2 Å². The number of ether oxygens (including phenoxy) is 3. The summed E-state index contributed by atoms with van der Waals surface area (Å²) in [7, 11) is 1.50. The summed E-state index contributed by atoms with van der Waals surface area (Å²) >= 11 is 0. The molecule has 1 aromatic carbocycles. The zero-order valence-electron chi connectivity index (χ0n) is 11.5. The Morgan fingerprint density at radius 2 is 2.05 bits per heavy atom. The van der Waals surface area contributed by atoms with Crippen molar-refractivity contribution in [3.8, 4) is 17.2 Å². The van der Waals surface area contributed by atoms with Crippen molar-refractivity contribution in [1.29, 1.82) is 0 Å². The molecule has 0 radical (unpaired) electrons. The van der Waals surface area contributed by atoms with Crippen molar-refractivity contribution in [2.75, 3.05) is 13.7 Å². The van der Waals surface area contributed by atoms with Crippen LogP contribution in [0, 0.1) is 0 Å². The number of carbonyl (C=O) groups is 1. The molecule has 1 heterocycles. The summed E-state index contributed by atoms with van der Waals surface area (Å²) < 4.78 is 16.3. The fraction of sp³-hybridized carbons (Fsp3) is 0.500. The second-order valence-corrected chi connectivity index (χ2v) is 4.90. The standard InChI is InChI=1S/C14H18O5/c1-5-18-11-7-9-8(6-10(11)17-4)12(15)13(16)14(2,3)19-9/h6-7,13,16H,5H2,1-4H3/t13-/m1/s1. The molecule has 0 saturated carbocycles. The molecule has 0 aromatic heterocycles. The van der Waals surface area contributed by atoms with E-state index in [1.54, 1.807) is 26.0 Å². The predicted molar refractivity (Wildman–Crippen MR) is 69.2 cm³/mol. The van der Waals surface area contributed by atoms with Crippen molar-refractivity contribution in [3.05, 3.63) is 17.7 Å². The topological polar surface area (TPSA) is 65.0 Å². The molecule has 0 bridgehead atoms. The molecular weight excluding hydrogens is 248 g/mol. The van der Waals surface area contributed by atoms with E-state index in [0.717, 1.165) is 0 Å². The number of aliphatic hydroxyl groups is 1. The molecule has 1 N–H and O–H groups in total. The number of fused-ring (bicyclic) bond motifs is 1. The first-order chi connectivity index (χ1) is 8.90. The van der Waals surface area contributed by atoms with Gasteiger partial charge in [0.25, 0.3) is 0 Å². The number of rotatable bonds is 3. The minimum Gasteiger partial charge on any atom is -0.493 e. The summed E-state index contributed by atoms with van der Waals surface area (Å²) in [5.74, 6) is 1.00. The maximum absolute atomic E-state index is 12.1. The van der Waals surface area contributed by atoms with E-state index in [1.165, 1.54) is 7.11 Å². The van der Waals surface area contributed by atoms with Crippen LogP contribution in [0.2, 0.25) is 0 Å². The quantitative estimate of drug-likeness (QED) is 0.903. The van der Waals surface area contributed by atoms with Crippen LogP contribution in [0.1, 0.15) is 31.1 Å². The number of benzene rings is 1. The number of hydrogen-bond acceptors (Lipinski definition) is 5. The van der Waals surface area contributed by atoms with Gasteiger partial charge < -0.3 is 19.3 Å². The molecule has 0 unspecified atom stereocenters. The highest BCUT2D eigenvalue weighted by Crippen LogP contribution is 2.40. The molecule has 0 aliphatic carbocycles. The smallest absolute Gasteiger partial charge is 0.199 e. The second kappa shape index (κ2) is 4.74. The summed E-state index contributed by atoms with van der Waals surface area (Å²) in [6.07, 6.45) is -1.19. The summed E-state index contributed by atoms with van der Waals surface area (Å²) in [4.78, 5) is 12.1. The number of methoxy groups -OCH3 is 1. The van der Waals surface area contributed by atoms with E-state index in [4.69, 9.17) is 14.2 Å². The largest absolute Gasteiger partial charge is 0.493 e. The Labute approximate surface area is 112 Å². The molecule has 2 rings (SSSR count). The van der Waals surface area contributed by atoms with Crippen molar-refractivity contribution >= 4 is 5.78 Å². The van der Waals surface area contributed by atoms with Gasteiger partial charge in [-0.1, -0.05) is 0 Å². The van der Waals surface area contributed by atoms with Crippen molar-refractivity contribution in [2.45, 2.75) is 32.5 Å². The van der Waals surface area contributed by atoms with Crippen LogP contribution in [0.15, 0.2) is 12.1 Å². The highest BCUT2D eigenvalue weighted by atomic mass is 16.5. The van der Waals surface area contributed by atoms with Gasteiger partial charge in [-0.05, 0) is 26.8 Å². The Morgan fingerprint density at radius 3 is 2.63 bits per heavy atom. The van der Waals surface area contributed by atoms with Crippen molar-refractivity contribution in [2.24, 2.45) is 0 Å². The monoisotopic (exact) mass is 266 g/mol. The molecule has 1 aromatic rings. The molecule has 0 fully saturated rings. The van der Waals surface area contributed by atoms with Gasteiger partial charge in [-0.25, -0.2) is 0 Å². The lowest BCUT2D eigenvalue weighted by atomic mass is 9.90. The summed E-state index contributed by atoms with van der Waals surface area (Å²) in [6.45, 7) is 5.68. The molecule has 19 heavy (non-hydrogen) atoms. The van der Waals surface area contributed by atoms with Gasteiger partial charge in [-0.15, -0.1) is 0 Å². The molecule has 5 heteroatoms. The first kappa shape index (κ1) is 13.7. The second-order valence-electron chi connectivity index (χ2n) is 4.90. The normalized spacial score (nSPS) is 20.5. The minimum atomic E-state index is -1.19. The zero-order chi connectivity index (χ0) is 14.2. The van der Waals surface area contributed by atoms with E-state index in [0.29, 0.717) is 29.4 Å². The third kappa shape index (κ3) is 2.26. The zero-order valence-corrected chi connectivity index (χ0v) is 11.5. The van der Waals surface area contributed by atoms with Crippen LogP contribution in [0.4, 0.5) is 0 Å². The number of aliphatic hydroxyl groups excluding tert-OH is 1. The van der Waals surface area contributed by atoms with Crippen LogP contribution >= 0.6 is 0 Å². The Balaban J connectivity index is 2.53. The van der Waals surface area contributed by atoms with Crippen molar-refractivity contribution < 1.29 is 24.1 Å². The Hall–Kier alpha value is -1.75. The molecule has 5 nitrogen and oxygen atoms in total. The van der Waals surface area contributed by atoms with E-state index >= 15 is 0 Å². The average Bonchev–Trinajstić information content (AvgIpc) is 2.36. The van der Waals surface area contributed by atoms with Crippen LogP contribution in [-0.2, 0) is 0 Å². The van der Waals surface area contributed by atoms with E-state index in [9.17, 15) is 9.90 Å². The lowest BCUT2D eigenvalue weighted by Gasteiger charge is -2.36. The minimum absolute atomic E-state index is 0.312. The first-order valence-electron chi connectivity index (χ1n) is 6.16. The molecule has 0 amide bonds. The SMILES string of the molecule is CCOc1cc2c(cc1OC)C(=O)[C@@H](O)C(C)(C)O2. The average molecular weight is 266 g/mol. The third-order valence-corrected chi connectivity index (χ3v) is 3.11. The Bertz CT molecular complexity index is 507. The van der Waals surface area contributed by atoms with Crippen molar-refractivity contribution in [3.63, 3.8) is 0 Å². The fourth-order valence-corrected chi connectivity index (χ4v) is 2.05. The summed E-state index contributed by atoms with van der Waals surface area (Å²) in [6, 6.07) is 3.17. The molecule has 1 aliphatic rings.